The molecule has 13 nitrogen and oxygen atoms in total. The minimum absolute atomic E-state index is 0.000256. The number of carbonyl (C=O) groups excluding carboxylic acids is 2. The van der Waals surface area contributed by atoms with Gasteiger partial charge >= 0.3 is 23.9 Å². The number of non-ortho nitro benzene ring substituents is 1. The molecule has 0 amide bonds. The van der Waals surface area contributed by atoms with E-state index in [1.807, 2.05) is 0 Å². The largest absolute Gasteiger partial charge is 0.478 e. The molecule has 1 saturated heterocycles. The van der Waals surface area contributed by atoms with Crippen molar-refractivity contribution in [2.24, 2.45) is 0 Å². The van der Waals surface area contributed by atoms with Crippen LogP contribution in [0.4, 0.5) is 5.69 Å². The molecule has 2 aliphatic heterocycles. The van der Waals surface area contributed by atoms with Crippen LogP contribution in [-0.2, 0) is 34.1 Å². The number of benzene rings is 3. The van der Waals surface area contributed by atoms with Crippen LogP contribution < -0.4 is 5.32 Å². The Bertz CT molecular complexity index is 1860. The molecular weight excluding hydrogens is 694 g/mol. The Balaban J connectivity index is 0.000000730. The first-order chi connectivity index (χ1) is 25.9. The Kier molecular flexibility index (Phi) is 14.4. The van der Waals surface area contributed by atoms with Gasteiger partial charge in [-0.2, -0.15) is 0 Å². The number of carboxylic acids is 2. The molecule has 3 aromatic carbocycles. The molecule has 2 aliphatic rings. The summed E-state index contributed by atoms with van der Waals surface area (Å²) < 4.78 is 10.8. The highest BCUT2D eigenvalue weighted by Gasteiger charge is 2.39. The average Bonchev–Trinajstić information content (AvgIpc) is 3.17. The Morgan fingerprint density at radius 1 is 0.833 bits per heavy atom. The summed E-state index contributed by atoms with van der Waals surface area (Å²) in [7, 11) is 1.27. The third-order valence-electron chi connectivity index (χ3n) is 9.63. The second kappa shape index (κ2) is 19.1. The van der Waals surface area contributed by atoms with Crippen molar-refractivity contribution in [1.29, 1.82) is 0 Å². The van der Waals surface area contributed by atoms with E-state index in [1.165, 1.54) is 30.4 Å². The maximum absolute atomic E-state index is 13.5. The summed E-state index contributed by atoms with van der Waals surface area (Å²) in [5.41, 5.74) is 4.52. The topological polar surface area (TPSA) is 186 Å². The van der Waals surface area contributed by atoms with Gasteiger partial charge in [0.15, 0.2) is 0 Å². The number of hydrogen-bond acceptors (Lipinski definition) is 10. The second-order valence-electron chi connectivity index (χ2n) is 13.0. The van der Waals surface area contributed by atoms with Gasteiger partial charge in [-0.3, -0.25) is 10.1 Å². The van der Waals surface area contributed by atoms with E-state index in [1.54, 1.807) is 26.0 Å². The van der Waals surface area contributed by atoms with Crippen molar-refractivity contribution in [3.63, 3.8) is 0 Å². The van der Waals surface area contributed by atoms with Gasteiger partial charge in [-0.1, -0.05) is 72.8 Å². The summed E-state index contributed by atoms with van der Waals surface area (Å²) in [6.07, 6.45) is 4.74. The number of methoxy groups -OCH3 is 1. The van der Waals surface area contributed by atoms with Crippen molar-refractivity contribution in [3.8, 4) is 0 Å². The summed E-state index contributed by atoms with van der Waals surface area (Å²) in [6, 6.07) is 27.5. The minimum atomic E-state index is -1.26. The molecule has 1 fully saturated rings. The SMILES string of the molecule is COC(=O)C1=C(C)NC(C)=C(C(=O)OCCCCN2CCC(c3ccccc3)(c3ccccc3)CC2)C1c1cccc([N+](=O)[O-])c1.O=C(O)/C=C/C(=O)O. The molecular formula is C41H45N3O10. The molecule has 2 heterocycles. The Morgan fingerprint density at radius 2 is 1.37 bits per heavy atom. The molecule has 0 radical (unpaired) electrons. The van der Waals surface area contributed by atoms with Gasteiger partial charge in [-0.25, -0.2) is 19.2 Å². The van der Waals surface area contributed by atoms with Gasteiger partial charge in [0.05, 0.1) is 35.7 Å². The van der Waals surface area contributed by atoms with E-state index < -0.39 is 34.7 Å². The standard InChI is InChI=1S/C37H41N3O6.C4H4O4/c1-26-32(35(41)45-3)34(28-13-12-18-31(25-28)40(43)44)33(27(2)38-26)36(42)46-24-11-10-21-39-22-19-37(20-23-39,29-14-6-4-7-15-29)30-16-8-5-9-17-30;5-3(6)1-2-4(7)8/h4-9,12-18,25,34,38H,10-11,19-24H2,1-3H3;1-2H,(H,5,6)(H,7,8)/b;2-1+. The summed E-state index contributed by atoms with van der Waals surface area (Å²) >= 11 is 0. The van der Waals surface area contributed by atoms with Crippen LogP contribution in [0.5, 0.6) is 0 Å². The molecule has 0 bridgehead atoms. The highest BCUT2D eigenvalue weighted by molar-refractivity contribution is 6.00. The summed E-state index contributed by atoms with van der Waals surface area (Å²) in [5, 5.41) is 30.2. The molecule has 5 rings (SSSR count). The second-order valence-corrected chi connectivity index (χ2v) is 13.0. The van der Waals surface area contributed by atoms with E-state index in [2.05, 4.69) is 70.9 Å². The number of nitrogens with one attached hydrogen (secondary N) is 1. The number of esters is 2. The van der Waals surface area contributed by atoms with Gasteiger partial charge in [0.1, 0.15) is 0 Å². The Labute approximate surface area is 313 Å². The first kappa shape index (κ1) is 40.7. The van der Waals surface area contributed by atoms with Crippen molar-refractivity contribution in [3.05, 3.63) is 146 Å². The number of unbranched alkanes of at least 4 members (excludes halogenated alkanes) is 1. The van der Waals surface area contributed by atoms with Crippen molar-refractivity contribution in [2.45, 2.75) is 50.9 Å². The summed E-state index contributed by atoms with van der Waals surface area (Å²) in [5.74, 6) is -4.57. The molecule has 3 N–H and O–H groups in total. The lowest BCUT2D eigenvalue weighted by molar-refractivity contribution is -0.384. The van der Waals surface area contributed by atoms with Crippen LogP contribution in [-0.4, -0.2) is 77.3 Å². The van der Waals surface area contributed by atoms with Crippen molar-refractivity contribution in [2.75, 3.05) is 33.4 Å². The molecule has 1 unspecified atom stereocenters. The minimum Gasteiger partial charge on any atom is -0.478 e. The van der Waals surface area contributed by atoms with Crippen LogP contribution in [0.3, 0.4) is 0 Å². The van der Waals surface area contributed by atoms with Crippen molar-refractivity contribution in [1.82, 2.24) is 10.2 Å². The van der Waals surface area contributed by atoms with E-state index in [0.29, 0.717) is 35.5 Å². The molecule has 0 spiro atoms. The van der Waals surface area contributed by atoms with Gasteiger partial charge in [-0.15, -0.1) is 0 Å². The molecule has 0 saturated carbocycles. The predicted molar refractivity (Wildman–Crippen MR) is 200 cm³/mol. The third-order valence-corrected chi connectivity index (χ3v) is 9.63. The van der Waals surface area contributed by atoms with Crippen molar-refractivity contribution >= 4 is 29.6 Å². The summed E-state index contributed by atoms with van der Waals surface area (Å²) in [4.78, 5) is 59.0. The number of likely N-dealkylation sites (tertiary alicyclic amines) is 1. The third kappa shape index (κ3) is 10.3. The van der Waals surface area contributed by atoms with Crippen LogP contribution in [0.2, 0.25) is 0 Å². The number of piperidine rings is 1. The number of carboxylic acid groups (broad SMARTS) is 2. The van der Waals surface area contributed by atoms with E-state index in [9.17, 15) is 29.3 Å². The predicted octanol–water partition coefficient (Wildman–Crippen LogP) is 6.12. The zero-order valence-electron chi connectivity index (χ0n) is 30.5. The molecule has 0 aliphatic carbocycles. The Hall–Kier alpha value is -6.08. The molecule has 54 heavy (non-hydrogen) atoms. The zero-order chi connectivity index (χ0) is 39.3. The lowest BCUT2D eigenvalue weighted by Gasteiger charge is -2.43. The zero-order valence-corrected chi connectivity index (χ0v) is 30.5. The van der Waals surface area contributed by atoms with Gasteiger partial charge < -0.3 is 29.9 Å². The van der Waals surface area contributed by atoms with Gasteiger partial charge in [0.2, 0.25) is 0 Å². The molecule has 1 atom stereocenters. The summed E-state index contributed by atoms with van der Waals surface area (Å²) in [6.45, 7) is 6.54. The van der Waals surface area contributed by atoms with Crippen molar-refractivity contribution < 1.29 is 43.8 Å². The van der Waals surface area contributed by atoms with Crippen LogP contribution in [0, 0.1) is 10.1 Å². The molecule has 0 aromatic heterocycles. The Morgan fingerprint density at radius 3 is 1.87 bits per heavy atom. The van der Waals surface area contributed by atoms with Crippen LogP contribution >= 0.6 is 0 Å². The number of nitro benzene ring substituents is 1. The van der Waals surface area contributed by atoms with E-state index >= 15 is 0 Å². The number of rotatable bonds is 13. The van der Waals surface area contributed by atoms with Crippen LogP contribution in [0.15, 0.2) is 120 Å². The van der Waals surface area contributed by atoms with Crippen LogP contribution in [0.25, 0.3) is 0 Å². The first-order valence-corrected chi connectivity index (χ1v) is 17.5. The number of nitro groups is 1. The number of ether oxygens (including phenoxy) is 2. The molecule has 284 valence electrons. The monoisotopic (exact) mass is 739 g/mol. The number of nitrogens with zero attached hydrogens (tertiary/aromatic N) is 2. The van der Waals surface area contributed by atoms with Gasteiger partial charge in [0, 0.05) is 41.1 Å². The average molecular weight is 740 g/mol. The highest BCUT2D eigenvalue weighted by atomic mass is 16.6. The van der Waals surface area contributed by atoms with Crippen LogP contribution in [0.1, 0.15) is 62.1 Å². The maximum Gasteiger partial charge on any atom is 0.336 e. The number of allylic oxidation sites excluding steroid dienone is 2. The fourth-order valence-corrected chi connectivity index (χ4v) is 7.04. The highest BCUT2D eigenvalue weighted by Crippen LogP contribution is 2.42. The first-order valence-electron chi connectivity index (χ1n) is 17.5. The fourth-order valence-electron chi connectivity index (χ4n) is 7.04. The number of dihydropyridines is 1. The number of aliphatic carboxylic acids is 2. The number of carbonyl (C=O) groups is 4. The van der Waals surface area contributed by atoms with E-state index in [0.717, 1.165) is 38.9 Å². The maximum atomic E-state index is 13.5. The number of hydrogen-bond donors (Lipinski definition) is 3. The molecule has 13 heteroatoms. The lowest BCUT2D eigenvalue weighted by Crippen LogP contribution is -2.43. The smallest absolute Gasteiger partial charge is 0.336 e. The van der Waals surface area contributed by atoms with Gasteiger partial charge in [0.25, 0.3) is 5.69 Å². The molecule has 3 aromatic rings. The quantitative estimate of drug-likeness (QED) is 0.0601. The fraction of sp³-hybridized carbons (Fsp3) is 0.317. The lowest BCUT2D eigenvalue weighted by atomic mass is 9.68. The van der Waals surface area contributed by atoms with Gasteiger partial charge in [-0.05, 0) is 75.9 Å². The van der Waals surface area contributed by atoms with E-state index in [4.69, 9.17) is 19.7 Å². The van der Waals surface area contributed by atoms with E-state index in [-0.39, 0.29) is 28.9 Å². The normalized spacial score (nSPS) is 16.8.